The Morgan fingerprint density at radius 2 is 2.16 bits per heavy atom. The fourth-order valence-electron chi connectivity index (χ4n) is 2.13. The van der Waals surface area contributed by atoms with Crippen LogP contribution in [0.5, 0.6) is 5.75 Å². The molecule has 1 aromatic carbocycles. The van der Waals surface area contributed by atoms with Crippen LogP contribution in [-0.4, -0.2) is 32.8 Å². The minimum atomic E-state index is -0.0879. The highest BCUT2D eigenvalue weighted by atomic mass is 16.3. The molecule has 19 heavy (non-hydrogen) atoms. The summed E-state index contributed by atoms with van der Waals surface area (Å²) in [5.74, 6) is 0.265. The number of aromatic nitrogens is 2. The number of hydrogen-bond acceptors (Lipinski definition) is 4. The van der Waals surface area contributed by atoms with Gasteiger partial charge >= 0.3 is 0 Å². The number of aromatic hydroxyl groups is 1. The van der Waals surface area contributed by atoms with E-state index < -0.39 is 0 Å². The van der Waals surface area contributed by atoms with Crippen LogP contribution in [0.25, 0.3) is 0 Å². The highest BCUT2D eigenvalue weighted by Gasteiger charge is 2.15. The second kappa shape index (κ2) is 6.36. The Labute approximate surface area is 112 Å². The normalized spacial score (nSPS) is 14.2. The summed E-state index contributed by atoms with van der Waals surface area (Å²) in [5.41, 5.74) is 1.79. The molecule has 1 heterocycles. The summed E-state index contributed by atoms with van der Waals surface area (Å²) in [6.07, 6.45) is 4.03. The van der Waals surface area contributed by atoms with E-state index in [4.69, 9.17) is 0 Å². The molecule has 102 valence electrons. The van der Waals surface area contributed by atoms with Crippen molar-refractivity contribution in [2.24, 2.45) is 0 Å². The molecule has 0 spiro atoms. The van der Waals surface area contributed by atoms with Crippen LogP contribution in [0.1, 0.15) is 24.2 Å². The zero-order valence-electron chi connectivity index (χ0n) is 10.9. The number of aliphatic hydroxyl groups excluding tert-OH is 1. The van der Waals surface area contributed by atoms with Gasteiger partial charge in [0, 0.05) is 36.0 Å². The maximum absolute atomic E-state index is 9.80. The fourth-order valence-corrected chi connectivity index (χ4v) is 2.13. The molecular formula is C14H19N3O2. The van der Waals surface area contributed by atoms with Crippen molar-refractivity contribution in [1.29, 1.82) is 0 Å². The lowest BCUT2D eigenvalue weighted by Crippen LogP contribution is -2.36. The topological polar surface area (TPSA) is 81.2 Å². The lowest BCUT2D eigenvalue weighted by molar-refractivity contribution is 0.231. The monoisotopic (exact) mass is 261 g/mol. The van der Waals surface area contributed by atoms with E-state index in [0.29, 0.717) is 6.42 Å². The molecule has 2 atom stereocenters. The number of para-hydroxylation sites is 1. The van der Waals surface area contributed by atoms with Gasteiger partial charge in [0.15, 0.2) is 0 Å². The molecule has 0 radical (unpaired) electrons. The summed E-state index contributed by atoms with van der Waals surface area (Å²) in [5, 5.41) is 22.5. The first-order valence-electron chi connectivity index (χ1n) is 6.32. The van der Waals surface area contributed by atoms with E-state index in [0.717, 1.165) is 11.3 Å². The summed E-state index contributed by atoms with van der Waals surface area (Å²) in [4.78, 5) is 6.97. The maximum Gasteiger partial charge on any atom is 0.120 e. The van der Waals surface area contributed by atoms with Gasteiger partial charge in [-0.25, -0.2) is 4.98 Å². The molecule has 0 aliphatic rings. The van der Waals surface area contributed by atoms with Gasteiger partial charge < -0.3 is 20.5 Å². The Bertz CT molecular complexity index is 499. The van der Waals surface area contributed by atoms with Gasteiger partial charge in [0.2, 0.25) is 0 Å². The summed E-state index contributed by atoms with van der Waals surface area (Å²) in [7, 11) is 0. The Morgan fingerprint density at radius 1 is 1.37 bits per heavy atom. The van der Waals surface area contributed by atoms with Crippen LogP contribution < -0.4 is 5.32 Å². The third-order valence-electron chi connectivity index (χ3n) is 3.13. The molecule has 0 aliphatic carbocycles. The third kappa shape index (κ3) is 3.56. The van der Waals surface area contributed by atoms with E-state index in [9.17, 15) is 10.2 Å². The van der Waals surface area contributed by atoms with E-state index in [-0.39, 0.29) is 24.4 Å². The molecule has 4 N–H and O–H groups in total. The molecule has 0 fully saturated rings. The van der Waals surface area contributed by atoms with Gasteiger partial charge in [-0.15, -0.1) is 0 Å². The zero-order chi connectivity index (χ0) is 13.7. The molecule has 0 bridgehead atoms. The molecule has 2 unspecified atom stereocenters. The van der Waals surface area contributed by atoms with E-state index in [1.807, 2.05) is 19.1 Å². The lowest BCUT2D eigenvalue weighted by Gasteiger charge is -2.22. The van der Waals surface area contributed by atoms with E-state index in [2.05, 4.69) is 15.3 Å². The number of benzene rings is 1. The summed E-state index contributed by atoms with van der Waals surface area (Å²) >= 11 is 0. The van der Waals surface area contributed by atoms with Gasteiger partial charge in [0.05, 0.1) is 12.9 Å². The van der Waals surface area contributed by atoms with Gasteiger partial charge in [0.25, 0.3) is 0 Å². The fraction of sp³-hybridized carbons (Fsp3) is 0.357. The van der Waals surface area contributed by atoms with Crippen molar-refractivity contribution in [2.45, 2.75) is 25.4 Å². The van der Waals surface area contributed by atoms with E-state index >= 15 is 0 Å². The molecule has 0 saturated carbocycles. The Morgan fingerprint density at radius 3 is 2.79 bits per heavy atom. The van der Waals surface area contributed by atoms with Gasteiger partial charge in [-0.3, -0.25) is 0 Å². The van der Waals surface area contributed by atoms with E-state index in [1.165, 1.54) is 0 Å². The summed E-state index contributed by atoms with van der Waals surface area (Å²) in [6, 6.07) is 7.08. The van der Waals surface area contributed by atoms with Crippen LogP contribution in [0.15, 0.2) is 36.8 Å². The first-order valence-corrected chi connectivity index (χ1v) is 6.32. The predicted octanol–water partition coefficient (Wildman–Crippen LogP) is 1.37. The van der Waals surface area contributed by atoms with Crippen molar-refractivity contribution in [3.05, 3.63) is 48.0 Å². The quantitative estimate of drug-likeness (QED) is 0.633. The number of phenolic OH excluding ortho intramolecular Hbond substituents is 1. The van der Waals surface area contributed by atoms with Crippen molar-refractivity contribution in [2.75, 3.05) is 6.61 Å². The van der Waals surface area contributed by atoms with Gasteiger partial charge in [-0.05, 0) is 13.0 Å². The standard InChI is InChI=1S/C14H19N3O2/c1-10(13-4-2-3-5-14(13)19)17-12(8-18)6-11-7-15-9-16-11/h2-5,7,9-10,12,17-19H,6,8H2,1H3,(H,15,16). The van der Waals surface area contributed by atoms with E-state index in [1.54, 1.807) is 24.7 Å². The molecule has 0 saturated heterocycles. The Hall–Kier alpha value is -1.85. The average molecular weight is 261 g/mol. The van der Waals surface area contributed by atoms with Crippen molar-refractivity contribution in [3.63, 3.8) is 0 Å². The number of aliphatic hydroxyl groups is 1. The minimum absolute atomic E-state index is 0.0248. The SMILES string of the molecule is CC(NC(CO)Cc1cnc[nH]1)c1ccccc1O. The first-order chi connectivity index (χ1) is 9.20. The van der Waals surface area contributed by atoms with Gasteiger partial charge in [0.1, 0.15) is 5.75 Å². The third-order valence-corrected chi connectivity index (χ3v) is 3.13. The number of nitrogens with one attached hydrogen (secondary N) is 2. The van der Waals surface area contributed by atoms with Gasteiger partial charge in [-0.1, -0.05) is 18.2 Å². The lowest BCUT2D eigenvalue weighted by atomic mass is 10.0. The number of H-pyrrole nitrogens is 1. The number of hydrogen-bond donors (Lipinski definition) is 4. The van der Waals surface area contributed by atoms with Crippen molar-refractivity contribution in [3.8, 4) is 5.75 Å². The van der Waals surface area contributed by atoms with Crippen molar-refractivity contribution >= 4 is 0 Å². The summed E-state index contributed by atoms with van der Waals surface area (Å²) in [6.45, 7) is 1.99. The van der Waals surface area contributed by atoms with Gasteiger partial charge in [-0.2, -0.15) is 0 Å². The molecule has 1 aromatic heterocycles. The molecule has 5 heteroatoms. The largest absolute Gasteiger partial charge is 0.508 e. The first kappa shape index (κ1) is 13.6. The van der Waals surface area contributed by atoms with Crippen LogP contribution >= 0.6 is 0 Å². The molecule has 5 nitrogen and oxygen atoms in total. The maximum atomic E-state index is 9.80. The average Bonchev–Trinajstić information content (AvgIpc) is 2.91. The predicted molar refractivity (Wildman–Crippen MR) is 72.8 cm³/mol. The molecule has 0 amide bonds. The number of imidazole rings is 1. The van der Waals surface area contributed by atoms with Crippen LogP contribution in [0.3, 0.4) is 0 Å². The number of phenols is 1. The second-order valence-electron chi connectivity index (χ2n) is 4.61. The van der Waals surface area contributed by atoms with Crippen molar-refractivity contribution in [1.82, 2.24) is 15.3 Å². The summed E-state index contributed by atoms with van der Waals surface area (Å²) < 4.78 is 0. The minimum Gasteiger partial charge on any atom is -0.508 e. The zero-order valence-corrected chi connectivity index (χ0v) is 10.9. The number of rotatable bonds is 6. The highest BCUT2D eigenvalue weighted by molar-refractivity contribution is 5.34. The van der Waals surface area contributed by atoms with Crippen LogP contribution in [0, 0.1) is 0 Å². The number of nitrogens with zero attached hydrogens (tertiary/aromatic N) is 1. The van der Waals surface area contributed by atoms with Crippen molar-refractivity contribution < 1.29 is 10.2 Å². The molecule has 2 rings (SSSR count). The Balaban J connectivity index is 2.00. The highest BCUT2D eigenvalue weighted by Crippen LogP contribution is 2.23. The van der Waals surface area contributed by atoms with Crippen LogP contribution in [0.2, 0.25) is 0 Å². The molecule has 0 aliphatic heterocycles. The second-order valence-corrected chi connectivity index (χ2v) is 4.61. The smallest absolute Gasteiger partial charge is 0.120 e. The molecule has 2 aromatic rings. The Kier molecular flexibility index (Phi) is 4.54. The molecular weight excluding hydrogens is 242 g/mol. The van der Waals surface area contributed by atoms with Crippen LogP contribution in [0.4, 0.5) is 0 Å². The number of aromatic amines is 1. The van der Waals surface area contributed by atoms with Crippen LogP contribution in [-0.2, 0) is 6.42 Å².